The van der Waals surface area contributed by atoms with Crippen molar-refractivity contribution in [1.82, 2.24) is 15.3 Å². The number of carbonyl (C=O) groups is 1. The molecule has 0 bridgehead atoms. The van der Waals surface area contributed by atoms with Crippen LogP contribution in [-0.4, -0.2) is 35.7 Å². The van der Waals surface area contributed by atoms with E-state index in [2.05, 4.69) is 26.0 Å². The third kappa shape index (κ3) is 4.25. The molecule has 0 aliphatic rings. The van der Waals surface area contributed by atoms with Gasteiger partial charge in [0.2, 0.25) is 5.91 Å². The van der Waals surface area contributed by atoms with Gasteiger partial charge in [0, 0.05) is 19.7 Å². The number of thioether (sulfide) groups is 1. The summed E-state index contributed by atoms with van der Waals surface area (Å²) in [7, 11) is 1.62. The van der Waals surface area contributed by atoms with Crippen LogP contribution in [-0.2, 0) is 4.79 Å². The van der Waals surface area contributed by atoms with Crippen LogP contribution in [0.4, 0.5) is 11.6 Å². The van der Waals surface area contributed by atoms with Gasteiger partial charge in [-0.25, -0.2) is 15.8 Å². The number of carbonyl (C=O) groups excluding carboxylic acids is 1. The monoisotopic (exact) mass is 284 g/mol. The Morgan fingerprint density at radius 1 is 1.42 bits per heavy atom. The van der Waals surface area contributed by atoms with Crippen molar-refractivity contribution in [2.24, 2.45) is 11.3 Å². The normalized spacial score (nSPS) is 11.0. The van der Waals surface area contributed by atoms with Gasteiger partial charge in [0.05, 0.1) is 5.41 Å². The van der Waals surface area contributed by atoms with Gasteiger partial charge in [0.15, 0.2) is 5.16 Å². The van der Waals surface area contributed by atoms with Gasteiger partial charge < -0.3 is 16.1 Å². The van der Waals surface area contributed by atoms with Gasteiger partial charge in [-0.2, -0.15) is 0 Å². The summed E-state index contributed by atoms with van der Waals surface area (Å²) in [5, 5.41) is 6.37. The van der Waals surface area contributed by atoms with Crippen molar-refractivity contribution in [1.29, 1.82) is 0 Å². The summed E-state index contributed by atoms with van der Waals surface area (Å²) in [5.74, 6) is 6.48. The highest BCUT2D eigenvalue weighted by molar-refractivity contribution is 7.98. The van der Waals surface area contributed by atoms with E-state index in [0.29, 0.717) is 23.3 Å². The molecule has 0 aliphatic carbocycles. The number of aromatic nitrogens is 2. The Labute approximate surface area is 117 Å². The molecule has 0 aliphatic heterocycles. The Kier molecular flexibility index (Phi) is 5.37. The Morgan fingerprint density at radius 3 is 2.58 bits per heavy atom. The van der Waals surface area contributed by atoms with Crippen LogP contribution in [0.3, 0.4) is 0 Å². The second-order valence-electron chi connectivity index (χ2n) is 4.59. The van der Waals surface area contributed by atoms with Crippen molar-refractivity contribution in [3.8, 4) is 0 Å². The van der Waals surface area contributed by atoms with E-state index in [1.807, 2.05) is 20.1 Å². The number of hydrogen-bond acceptors (Lipinski definition) is 7. The lowest BCUT2D eigenvalue weighted by molar-refractivity contribution is -0.128. The predicted octanol–water partition coefficient (Wildman–Crippen LogP) is 0.668. The summed E-state index contributed by atoms with van der Waals surface area (Å²) in [6.45, 7) is 4.18. The Bertz CT molecular complexity index is 429. The number of nitrogen functional groups attached to an aromatic ring is 1. The van der Waals surface area contributed by atoms with Crippen LogP contribution in [0.1, 0.15) is 13.8 Å². The van der Waals surface area contributed by atoms with Crippen LogP contribution in [0.2, 0.25) is 0 Å². The van der Waals surface area contributed by atoms with Crippen molar-refractivity contribution in [3.63, 3.8) is 0 Å². The molecule has 106 valence electrons. The lowest BCUT2D eigenvalue weighted by atomic mass is 9.92. The molecule has 1 rings (SSSR count). The third-order valence-electron chi connectivity index (χ3n) is 2.59. The zero-order valence-corrected chi connectivity index (χ0v) is 12.4. The van der Waals surface area contributed by atoms with E-state index in [1.54, 1.807) is 13.1 Å². The van der Waals surface area contributed by atoms with Crippen molar-refractivity contribution < 1.29 is 4.79 Å². The zero-order valence-electron chi connectivity index (χ0n) is 11.6. The number of rotatable bonds is 6. The largest absolute Gasteiger partial charge is 0.369 e. The van der Waals surface area contributed by atoms with E-state index in [-0.39, 0.29) is 5.91 Å². The highest BCUT2D eigenvalue weighted by atomic mass is 32.2. The summed E-state index contributed by atoms with van der Waals surface area (Å²) in [6.07, 6.45) is 1.88. The molecule has 1 aromatic heterocycles. The molecule has 5 N–H and O–H groups in total. The first kappa shape index (κ1) is 15.5. The minimum Gasteiger partial charge on any atom is -0.369 e. The fraction of sp³-hybridized carbons (Fsp3) is 0.545. The molecule has 1 aromatic rings. The van der Waals surface area contributed by atoms with Crippen molar-refractivity contribution in [2.75, 3.05) is 30.6 Å². The number of amides is 1. The summed E-state index contributed by atoms with van der Waals surface area (Å²) in [5.41, 5.74) is 1.96. The highest BCUT2D eigenvalue weighted by Crippen LogP contribution is 2.19. The number of hydrogen-bond donors (Lipinski definition) is 4. The van der Waals surface area contributed by atoms with Crippen LogP contribution in [0.5, 0.6) is 0 Å². The maximum Gasteiger partial charge on any atom is 0.227 e. The molecular formula is C11H20N6OS. The predicted molar refractivity (Wildman–Crippen MR) is 78.0 cm³/mol. The molecule has 19 heavy (non-hydrogen) atoms. The van der Waals surface area contributed by atoms with Crippen LogP contribution in [0, 0.1) is 5.41 Å². The number of anilines is 2. The minimum atomic E-state index is -0.532. The molecule has 0 spiro atoms. The van der Waals surface area contributed by atoms with Crippen LogP contribution < -0.4 is 21.9 Å². The molecule has 1 heterocycles. The Balaban J connectivity index is 2.80. The molecule has 0 saturated carbocycles. The lowest BCUT2D eigenvalue weighted by Gasteiger charge is -2.23. The highest BCUT2D eigenvalue weighted by Gasteiger charge is 2.26. The SMILES string of the molecule is CNC(=O)C(C)(C)CNc1cc(NN)nc(SC)n1. The summed E-state index contributed by atoms with van der Waals surface area (Å²) in [6, 6.07) is 1.69. The van der Waals surface area contributed by atoms with Gasteiger partial charge in [-0.05, 0) is 20.1 Å². The van der Waals surface area contributed by atoms with E-state index >= 15 is 0 Å². The van der Waals surface area contributed by atoms with E-state index in [9.17, 15) is 4.79 Å². The number of hydrazine groups is 1. The second-order valence-corrected chi connectivity index (χ2v) is 5.36. The first-order valence-electron chi connectivity index (χ1n) is 5.78. The van der Waals surface area contributed by atoms with Crippen LogP contribution in [0.25, 0.3) is 0 Å². The maximum absolute atomic E-state index is 11.7. The lowest BCUT2D eigenvalue weighted by Crippen LogP contribution is -2.39. The number of nitrogens with one attached hydrogen (secondary N) is 3. The van der Waals surface area contributed by atoms with E-state index in [1.165, 1.54) is 11.8 Å². The van der Waals surface area contributed by atoms with Crippen molar-refractivity contribution in [3.05, 3.63) is 6.07 Å². The first-order chi connectivity index (χ1) is 8.92. The molecule has 0 saturated heterocycles. The molecule has 0 radical (unpaired) electrons. The van der Waals surface area contributed by atoms with E-state index in [0.717, 1.165) is 0 Å². The van der Waals surface area contributed by atoms with Crippen molar-refractivity contribution in [2.45, 2.75) is 19.0 Å². The molecule has 1 amide bonds. The smallest absolute Gasteiger partial charge is 0.227 e. The molecule has 0 unspecified atom stereocenters. The molecule has 7 nitrogen and oxygen atoms in total. The van der Waals surface area contributed by atoms with Crippen LogP contribution >= 0.6 is 11.8 Å². The van der Waals surface area contributed by atoms with Gasteiger partial charge in [-0.1, -0.05) is 11.8 Å². The minimum absolute atomic E-state index is 0.0312. The quantitative estimate of drug-likeness (QED) is 0.263. The van der Waals surface area contributed by atoms with Crippen molar-refractivity contribution >= 4 is 29.3 Å². The summed E-state index contributed by atoms with van der Waals surface area (Å²) >= 11 is 1.42. The summed E-state index contributed by atoms with van der Waals surface area (Å²) in [4.78, 5) is 20.1. The van der Waals surface area contributed by atoms with Gasteiger partial charge in [0.25, 0.3) is 0 Å². The van der Waals surface area contributed by atoms with E-state index in [4.69, 9.17) is 5.84 Å². The second kappa shape index (κ2) is 6.58. The standard InChI is InChI=1S/C11H20N6OS/c1-11(2,9(18)13-3)6-14-7-5-8(17-12)16-10(15-7)19-4/h5H,6,12H2,1-4H3,(H,13,18)(H2,14,15,16,17). The topological polar surface area (TPSA) is 105 Å². The Hall–Kier alpha value is -1.54. The van der Waals surface area contributed by atoms with Gasteiger partial charge >= 0.3 is 0 Å². The third-order valence-corrected chi connectivity index (χ3v) is 3.14. The number of nitrogens with two attached hydrogens (primary N) is 1. The van der Waals surface area contributed by atoms with Gasteiger partial charge in [0.1, 0.15) is 11.6 Å². The first-order valence-corrected chi connectivity index (χ1v) is 7.01. The maximum atomic E-state index is 11.7. The molecule has 8 heteroatoms. The van der Waals surface area contributed by atoms with Gasteiger partial charge in [-0.15, -0.1) is 0 Å². The average Bonchev–Trinajstić information content (AvgIpc) is 2.43. The van der Waals surface area contributed by atoms with Gasteiger partial charge in [-0.3, -0.25) is 4.79 Å². The number of nitrogens with zero attached hydrogens (tertiary/aromatic N) is 2. The zero-order chi connectivity index (χ0) is 14.5. The molecule has 0 fully saturated rings. The fourth-order valence-corrected chi connectivity index (χ4v) is 1.79. The molecule has 0 aromatic carbocycles. The molecular weight excluding hydrogens is 264 g/mol. The summed E-state index contributed by atoms with van der Waals surface area (Å²) < 4.78 is 0. The molecule has 0 atom stereocenters. The Morgan fingerprint density at radius 2 is 2.05 bits per heavy atom. The van der Waals surface area contributed by atoms with E-state index < -0.39 is 5.41 Å². The average molecular weight is 284 g/mol. The van der Waals surface area contributed by atoms with Crippen LogP contribution in [0.15, 0.2) is 11.2 Å². The fourth-order valence-electron chi connectivity index (χ4n) is 1.41.